The van der Waals surface area contributed by atoms with Crippen LogP contribution in [0.25, 0.3) is 0 Å². The molecule has 75 heavy (non-hydrogen) atoms. The first-order chi connectivity index (χ1) is 34.7. The highest BCUT2D eigenvalue weighted by atomic mass is 16.4. The molecule has 10 amide bonds. The van der Waals surface area contributed by atoms with Gasteiger partial charge in [0.2, 0.25) is 59.1 Å². The number of amides is 10. The van der Waals surface area contributed by atoms with Gasteiger partial charge in [0.25, 0.3) is 0 Å². The van der Waals surface area contributed by atoms with E-state index in [-0.39, 0.29) is 62.4 Å². The van der Waals surface area contributed by atoms with Gasteiger partial charge in [-0.2, -0.15) is 0 Å². The van der Waals surface area contributed by atoms with Crippen LogP contribution in [0.3, 0.4) is 0 Å². The number of nitrogens with one attached hydrogen (secondary N) is 8. The molecule has 0 aromatic rings. The molecule has 0 heterocycles. The third kappa shape index (κ3) is 27.6. The SMILES string of the molecule is CC(C)C[C@H](NC(=O)[C@H](CCCN=C(N)N)NC(=O)[C@@H](NC(=O)[C@H](CCC(=O)O)NC(=O)[C@H](CC(C)C)NC(=O)[C@H](CC(C)C)NC(=O)[C@@H](N)CC(N)=O)[C@@H](C)O)C(=O)N[C@@H](CC(N)=O)C(=O)N[C@H](C(=O)O)C(C)C. The molecule has 0 aromatic carbocycles. The van der Waals surface area contributed by atoms with Crippen LogP contribution < -0.4 is 71.2 Å². The minimum absolute atomic E-state index is 0.0231. The van der Waals surface area contributed by atoms with Gasteiger partial charge in [-0.05, 0) is 69.1 Å². The topological polar surface area (TPSA) is 504 Å². The number of primary amides is 2. The number of carboxylic acid groups (broad SMARTS) is 2. The molecule has 29 heteroatoms. The first-order valence-corrected chi connectivity index (χ1v) is 24.6. The fraction of sp³-hybridized carbons (Fsp3) is 0.717. The van der Waals surface area contributed by atoms with Crippen LogP contribution in [0.15, 0.2) is 4.99 Å². The van der Waals surface area contributed by atoms with Crippen molar-refractivity contribution in [1.82, 2.24) is 42.5 Å². The van der Waals surface area contributed by atoms with Crippen LogP contribution in [0.5, 0.6) is 0 Å². The van der Waals surface area contributed by atoms with Crippen LogP contribution >= 0.6 is 0 Å². The lowest BCUT2D eigenvalue weighted by molar-refractivity contribution is -0.144. The number of carbonyl (C=O) groups excluding carboxylic acids is 10. The van der Waals surface area contributed by atoms with E-state index in [0.717, 1.165) is 6.92 Å². The molecule has 0 unspecified atom stereocenters. The summed E-state index contributed by atoms with van der Waals surface area (Å²) in [5, 5.41) is 49.2. The summed E-state index contributed by atoms with van der Waals surface area (Å²) >= 11 is 0. The van der Waals surface area contributed by atoms with Gasteiger partial charge in [0.05, 0.1) is 25.0 Å². The molecule has 0 radical (unpaired) electrons. The molecule has 10 atom stereocenters. The molecule has 0 bridgehead atoms. The quantitative estimate of drug-likeness (QED) is 0.0159. The standard InChI is InChI=1S/C46H82N14O15/c1-20(2)15-28(55-37(66)25(47)18-32(48)62)41(70)57-29(16-21(3)4)40(69)53-27(12-13-34(64)65)39(68)60-36(24(9)61)44(73)54-26(11-10-14-52-46(50)51)38(67)56-30(17-22(5)6)42(71)58-31(19-33(49)63)43(72)59-35(23(7)8)45(74)75/h20-31,35-36,61H,10-19,47H2,1-9H3,(H2,48,62)(H2,49,63)(H,53,69)(H,54,73)(H,55,66)(H,56,67)(H,57,70)(H,58,71)(H,59,72)(H,60,68)(H,64,65)(H,74,75)(H4,50,51,52)/t24-,25+,26+,27+,28+,29+,30+,31+,35+,36+/m1/s1. The van der Waals surface area contributed by atoms with Crippen molar-refractivity contribution >= 4 is 77.0 Å². The molecular formula is C46H82N14O15. The van der Waals surface area contributed by atoms with Gasteiger partial charge in [0, 0.05) is 13.0 Å². The van der Waals surface area contributed by atoms with E-state index in [9.17, 15) is 72.9 Å². The number of aliphatic hydroxyl groups is 1. The number of nitrogens with two attached hydrogens (primary N) is 5. The Morgan fingerprint density at radius 1 is 0.453 bits per heavy atom. The number of carbonyl (C=O) groups is 12. The summed E-state index contributed by atoms with van der Waals surface area (Å²) in [5.74, 6) is -14.4. The lowest BCUT2D eigenvalue weighted by atomic mass is 9.99. The highest BCUT2D eigenvalue weighted by Crippen LogP contribution is 2.13. The normalized spacial score (nSPS) is 15.2. The highest BCUT2D eigenvalue weighted by Gasteiger charge is 2.37. The summed E-state index contributed by atoms with van der Waals surface area (Å²) in [7, 11) is 0. The van der Waals surface area contributed by atoms with Crippen molar-refractivity contribution in [3.05, 3.63) is 0 Å². The van der Waals surface area contributed by atoms with Crippen molar-refractivity contribution in [3.8, 4) is 0 Å². The second-order valence-electron chi connectivity index (χ2n) is 19.9. The molecular weight excluding hydrogens is 989 g/mol. The Balaban J connectivity index is 6.87. The molecule has 0 aliphatic rings. The van der Waals surface area contributed by atoms with Gasteiger partial charge in [-0.1, -0.05) is 55.4 Å². The lowest BCUT2D eigenvalue weighted by Crippen LogP contribution is -2.62. The maximum atomic E-state index is 14.1. The number of nitrogens with zero attached hydrogens (tertiary/aromatic N) is 1. The lowest BCUT2D eigenvalue weighted by Gasteiger charge is -2.29. The molecule has 0 saturated heterocycles. The van der Waals surface area contributed by atoms with E-state index < -0.39 is 163 Å². The van der Waals surface area contributed by atoms with Gasteiger partial charge < -0.3 is 86.5 Å². The van der Waals surface area contributed by atoms with E-state index in [1.54, 1.807) is 41.5 Å². The zero-order valence-electron chi connectivity index (χ0n) is 44.2. The van der Waals surface area contributed by atoms with E-state index in [1.807, 2.05) is 0 Å². The van der Waals surface area contributed by atoms with Crippen LogP contribution in [0.1, 0.15) is 120 Å². The van der Waals surface area contributed by atoms with E-state index in [1.165, 1.54) is 13.8 Å². The monoisotopic (exact) mass is 1070 g/mol. The Morgan fingerprint density at radius 2 is 0.813 bits per heavy atom. The number of hydrogen-bond acceptors (Lipinski definition) is 15. The molecule has 0 spiro atoms. The Hall–Kier alpha value is -7.17. The van der Waals surface area contributed by atoms with Gasteiger partial charge in [0.1, 0.15) is 48.3 Å². The van der Waals surface area contributed by atoms with E-state index >= 15 is 0 Å². The Kier molecular flexibility index (Phi) is 30.4. The van der Waals surface area contributed by atoms with E-state index in [4.69, 9.17) is 28.7 Å². The summed E-state index contributed by atoms with van der Waals surface area (Å²) in [5.41, 5.74) is 27.2. The summed E-state index contributed by atoms with van der Waals surface area (Å²) in [6, 6.07) is -13.8. The number of hydrogen-bond donors (Lipinski definition) is 16. The van der Waals surface area contributed by atoms with Crippen molar-refractivity contribution in [3.63, 3.8) is 0 Å². The molecule has 0 aliphatic heterocycles. The van der Waals surface area contributed by atoms with Crippen molar-refractivity contribution in [1.29, 1.82) is 0 Å². The Morgan fingerprint density at radius 3 is 1.20 bits per heavy atom. The smallest absolute Gasteiger partial charge is 0.326 e. The fourth-order valence-electron chi connectivity index (χ4n) is 7.19. The van der Waals surface area contributed by atoms with Crippen LogP contribution in [-0.4, -0.2) is 159 Å². The average molecular weight is 1070 g/mol. The van der Waals surface area contributed by atoms with Gasteiger partial charge in [0.15, 0.2) is 5.96 Å². The molecule has 0 rings (SSSR count). The molecule has 29 nitrogen and oxygen atoms in total. The minimum atomic E-state index is -1.90. The fourth-order valence-corrected chi connectivity index (χ4v) is 7.19. The molecule has 0 fully saturated rings. The predicted molar refractivity (Wildman–Crippen MR) is 270 cm³/mol. The molecule has 21 N–H and O–H groups in total. The third-order valence-electron chi connectivity index (χ3n) is 11.0. The van der Waals surface area contributed by atoms with Gasteiger partial charge >= 0.3 is 11.9 Å². The Bertz CT molecular complexity index is 2030. The Labute approximate surface area is 435 Å². The second kappa shape index (κ2) is 33.6. The average Bonchev–Trinajstić information content (AvgIpc) is 3.26. The summed E-state index contributed by atoms with van der Waals surface area (Å²) in [6.07, 6.45) is -4.52. The highest BCUT2D eigenvalue weighted by molar-refractivity contribution is 5.99. The van der Waals surface area contributed by atoms with Crippen LogP contribution in [0, 0.1) is 23.7 Å². The zero-order chi connectivity index (χ0) is 58.0. The molecule has 426 valence electrons. The van der Waals surface area contributed by atoms with Crippen molar-refractivity contribution in [2.45, 2.75) is 181 Å². The largest absolute Gasteiger partial charge is 0.481 e. The summed E-state index contributed by atoms with van der Waals surface area (Å²) in [6.45, 7) is 14.4. The third-order valence-corrected chi connectivity index (χ3v) is 11.0. The van der Waals surface area contributed by atoms with Crippen LogP contribution in [-0.2, 0) is 57.5 Å². The second-order valence-corrected chi connectivity index (χ2v) is 19.9. The van der Waals surface area contributed by atoms with E-state index in [2.05, 4.69) is 47.5 Å². The van der Waals surface area contributed by atoms with E-state index in [0.29, 0.717) is 0 Å². The zero-order valence-corrected chi connectivity index (χ0v) is 44.2. The number of rotatable bonds is 36. The number of aliphatic hydroxyl groups excluding tert-OH is 1. The molecule has 0 saturated carbocycles. The van der Waals surface area contributed by atoms with Gasteiger partial charge in [-0.15, -0.1) is 0 Å². The first-order valence-electron chi connectivity index (χ1n) is 24.6. The first kappa shape index (κ1) is 67.8. The maximum Gasteiger partial charge on any atom is 0.326 e. The number of carboxylic acids is 2. The summed E-state index contributed by atoms with van der Waals surface area (Å²) < 4.78 is 0. The van der Waals surface area contributed by atoms with Gasteiger partial charge in [-0.3, -0.25) is 57.7 Å². The number of aliphatic imine (C=N–C) groups is 1. The van der Waals surface area contributed by atoms with Crippen LogP contribution in [0.4, 0.5) is 0 Å². The number of aliphatic carboxylic acids is 2. The minimum Gasteiger partial charge on any atom is -0.481 e. The molecule has 0 aromatic heterocycles. The van der Waals surface area contributed by atoms with Crippen molar-refractivity contribution < 1.29 is 72.9 Å². The molecule has 0 aliphatic carbocycles. The maximum absolute atomic E-state index is 14.1. The summed E-state index contributed by atoms with van der Waals surface area (Å²) in [4.78, 5) is 160. The van der Waals surface area contributed by atoms with Crippen molar-refractivity contribution in [2.24, 2.45) is 57.3 Å². The van der Waals surface area contributed by atoms with Gasteiger partial charge in [-0.25, -0.2) is 4.79 Å². The number of guanidine groups is 1. The van der Waals surface area contributed by atoms with Crippen molar-refractivity contribution in [2.75, 3.05) is 6.54 Å². The van der Waals surface area contributed by atoms with Crippen LogP contribution in [0.2, 0.25) is 0 Å². The predicted octanol–water partition coefficient (Wildman–Crippen LogP) is -4.88.